The molecule has 0 aromatic heterocycles. The van der Waals surface area contributed by atoms with Crippen LogP contribution in [-0.4, -0.2) is 79.4 Å². The first-order valence-corrected chi connectivity index (χ1v) is 13.5. The van der Waals surface area contributed by atoms with E-state index < -0.39 is 31.3 Å². The lowest BCUT2D eigenvalue weighted by molar-refractivity contribution is -1.18. The standard InChI is InChI=1S/C19H23FN2.2CHF3O3S/c1-21-12-14-22(20,15-13-21)19(17-10-6-3-7-11-17)18(21)16-8-4-2-5-9-16;2*2-1(3,4)8(5,6)7/h2-11,18-19H,12-15H2,1H3;2*(H,5,6,7)/q+2;;/p-2/t18-,19-,21?,22?;;/m1../s1. The molecule has 17 heteroatoms. The summed E-state index contributed by atoms with van der Waals surface area (Å²) in [6.07, 6.45) is 0. The number of fused-ring (bicyclic) bond motifs is 3. The number of hydrogen-bond acceptors (Lipinski definition) is 6. The van der Waals surface area contributed by atoms with Crippen molar-refractivity contribution in [3.63, 3.8) is 0 Å². The van der Waals surface area contributed by atoms with Crippen molar-refractivity contribution < 1.29 is 66.0 Å². The number of hydrogen-bond donors (Lipinski definition) is 0. The van der Waals surface area contributed by atoms with Crippen LogP contribution < -0.4 is 0 Å². The fourth-order valence-electron chi connectivity index (χ4n) is 4.46. The summed E-state index contributed by atoms with van der Waals surface area (Å²) in [6.45, 7) is 3.08. The second-order valence-electron chi connectivity index (χ2n) is 8.81. The van der Waals surface area contributed by atoms with Gasteiger partial charge in [0.25, 0.3) is 0 Å². The van der Waals surface area contributed by atoms with Crippen LogP contribution in [0.15, 0.2) is 60.7 Å². The normalized spacial score (nSPS) is 27.4. The van der Waals surface area contributed by atoms with Gasteiger partial charge in [0.05, 0.1) is 7.05 Å². The van der Waals surface area contributed by atoms with Gasteiger partial charge in [0.1, 0.15) is 13.1 Å². The second-order valence-corrected chi connectivity index (χ2v) is 11.6. The van der Waals surface area contributed by atoms with Crippen molar-refractivity contribution in [2.24, 2.45) is 0 Å². The number of alkyl halides is 6. The van der Waals surface area contributed by atoms with Crippen LogP contribution in [0.25, 0.3) is 0 Å². The summed E-state index contributed by atoms with van der Waals surface area (Å²) in [4.78, 5) is 0. The van der Waals surface area contributed by atoms with Crippen LogP contribution >= 0.6 is 0 Å². The number of rotatable bonds is 2. The predicted octanol–water partition coefficient (Wildman–Crippen LogP) is 3.75. The summed E-state index contributed by atoms with van der Waals surface area (Å²) in [7, 11) is -9.88. The highest BCUT2D eigenvalue weighted by atomic mass is 32.2. The predicted molar refractivity (Wildman–Crippen MR) is 117 cm³/mol. The minimum Gasteiger partial charge on any atom is -0.741 e. The largest absolute Gasteiger partial charge is 0.741 e. The van der Waals surface area contributed by atoms with Crippen molar-refractivity contribution in [3.8, 4) is 0 Å². The summed E-state index contributed by atoms with van der Waals surface area (Å²) in [5.74, 6) is 0. The zero-order valence-electron chi connectivity index (χ0n) is 19.6. The SMILES string of the molecule is C[N+]12CC[N+](F)(CC1)[C@H](c1ccccc1)[C@H]2c1ccccc1.O=S(=O)([O-])C(F)(F)F.O=S(=O)([O-])C(F)(F)F. The van der Waals surface area contributed by atoms with Crippen LogP contribution in [0.1, 0.15) is 23.2 Å². The van der Waals surface area contributed by atoms with Crippen molar-refractivity contribution in [2.45, 2.75) is 23.1 Å². The molecule has 3 saturated heterocycles. The zero-order valence-corrected chi connectivity index (χ0v) is 21.2. The van der Waals surface area contributed by atoms with E-state index in [-0.39, 0.29) is 16.8 Å². The molecule has 2 atom stereocenters. The molecule has 38 heavy (non-hydrogen) atoms. The number of piperazine rings is 3. The molecule has 3 aliphatic heterocycles. The summed E-state index contributed by atoms with van der Waals surface area (Å²) >= 11 is 0. The first-order chi connectivity index (χ1) is 17.1. The van der Waals surface area contributed by atoms with E-state index in [1.165, 1.54) is 5.56 Å². The molecule has 2 bridgehead atoms. The molecule has 0 amide bonds. The van der Waals surface area contributed by atoms with E-state index in [4.69, 9.17) is 25.9 Å². The van der Waals surface area contributed by atoms with Gasteiger partial charge in [-0.05, 0) is 4.48 Å². The first-order valence-electron chi connectivity index (χ1n) is 10.7. The van der Waals surface area contributed by atoms with E-state index in [0.717, 1.165) is 23.1 Å². The molecule has 3 aliphatic rings. The van der Waals surface area contributed by atoms with Crippen LogP contribution in [0.3, 0.4) is 0 Å². The van der Waals surface area contributed by atoms with Gasteiger partial charge in [-0.1, -0.05) is 60.7 Å². The third-order valence-electron chi connectivity index (χ3n) is 6.28. The van der Waals surface area contributed by atoms with Crippen LogP contribution in [0, 0.1) is 0 Å². The molecule has 0 radical (unpaired) electrons. The number of benzene rings is 2. The Balaban J connectivity index is 0.000000264. The Hall–Kier alpha value is -2.31. The Morgan fingerprint density at radius 2 is 0.947 bits per heavy atom. The van der Waals surface area contributed by atoms with Gasteiger partial charge in [0, 0.05) is 11.1 Å². The third-order valence-corrected chi connectivity index (χ3v) is 7.42. The first kappa shape index (κ1) is 31.9. The molecule has 214 valence electrons. The average molecular weight is 597 g/mol. The lowest BCUT2D eigenvalue weighted by atomic mass is 9.84. The van der Waals surface area contributed by atoms with Crippen LogP contribution in [0.2, 0.25) is 0 Å². The van der Waals surface area contributed by atoms with Crippen LogP contribution in [0.4, 0.5) is 30.8 Å². The molecule has 0 N–H and O–H groups in total. The number of halogens is 7. The lowest BCUT2D eigenvalue weighted by Crippen LogP contribution is -2.72. The van der Waals surface area contributed by atoms with Crippen molar-refractivity contribution in [2.75, 3.05) is 33.2 Å². The van der Waals surface area contributed by atoms with Crippen molar-refractivity contribution in [1.82, 2.24) is 0 Å². The maximum atomic E-state index is 15.7. The molecule has 2 aromatic carbocycles. The monoisotopic (exact) mass is 596 g/mol. The van der Waals surface area contributed by atoms with E-state index in [1.54, 1.807) is 0 Å². The van der Waals surface area contributed by atoms with E-state index in [2.05, 4.69) is 43.4 Å². The second kappa shape index (κ2) is 11.1. The number of quaternary nitrogens is 2. The smallest absolute Gasteiger partial charge is 0.485 e. The number of likely N-dealkylation sites (N-methyl/N-ethyl adjacent to an activating group) is 1. The van der Waals surface area contributed by atoms with Gasteiger partial charge < -0.3 is 13.6 Å². The van der Waals surface area contributed by atoms with E-state index in [1.807, 2.05) is 24.3 Å². The van der Waals surface area contributed by atoms with Gasteiger partial charge in [-0.2, -0.15) is 26.3 Å². The highest BCUT2D eigenvalue weighted by Crippen LogP contribution is 2.52. The molecular weight excluding hydrogens is 573 g/mol. The Kier molecular flexibility index (Phi) is 9.28. The molecule has 3 heterocycles. The topological polar surface area (TPSA) is 114 Å². The third kappa shape index (κ3) is 7.41. The Morgan fingerprint density at radius 1 is 0.658 bits per heavy atom. The van der Waals surface area contributed by atoms with Gasteiger partial charge in [0.2, 0.25) is 6.04 Å². The lowest BCUT2D eigenvalue weighted by Gasteiger charge is -2.56. The van der Waals surface area contributed by atoms with Crippen molar-refractivity contribution in [1.29, 1.82) is 0 Å². The molecule has 0 unspecified atom stereocenters. The Morgan fingerprint density at radius 3 is 1.24 bits per heavy atom. The minimum atomic E-state index is -6.09. The molecule has 0 aliphatic carbocycles. The number of nitrogens with zero attached hydrogens (tertiary/aromatic N) is 2. The molecule has 5 rings (SSSR count). The molecule has 0 spiro atoms. The fourth-order valence-corrected chi connectivity index (χ4v) is 4.46. The molecule has 0 saturated carbocycles. The van der Waals surface area contributed by atoms with E-state index in [9.17, 15) is 26.3 Å². The summed E-state index contributed by atoms with van der Waals surface area (Å²) in [6, 6.07) is 20.9. The molecule has 8 nitrogen and oxygen atoms in total. The van der Waals surface area contributed by atoms with Crippen LogP contribution in [0.5, 0.6) is 0 Å². The Bertz CT molecular complexity index is 1180. The maximum Gasteiger partial charge on any atom is 0.485 e. The quantitative estimate of drug-likeness (QED) is 0.172. The summed E-state index contributed by atoms with van der Waals surface area (Å²) < 4.78 is 134. The van der Waals surface area contributed by atoms with Gasteiger partial charge in [0.15, 0.2) is 39.4 Å². The van der Waals surface area contributed by atoms with Crippen molar-refractivity contribution >= 4 is 20.2 Å². The maximum absolute atomic E-state index is 15.7. The van der Waals surface area contributed by atoms with Gasteiger partial charge in [-0.25, -0.2) is 16.8 Å². The van der Waals surface area contributed by atoms with Crippen molar-refractivity contribution in [3.05, 3.63) is 71.8 Å². The summed E-state index contributed by atoms with van der Waals surface area (Å²) in [5.41, 5.74) is -8.90. The highest BCUT2D eigenvalue weighted by Gasteiger charge is 2.63. The van der Waals surface area contributed by atoms with Gasteiger partial charge >= 0.3 is 11.0 Å². The summed E-state index contributed by atoms with van der Waals surface area (Å²) in [5, 5.41) is 0. The highest BCUT2D eigenvalue weighted by molar-refractivity contribution is 7.86. The average Bonchev–Trinajstić information content (AvgIpc) is 2.79. The Labute approximate surface area is 214 Å². The zero-order chi connectivity index (χ0) is 29.2. The van der Waals surface area contributed by atoms with E-state index >= 15 is 4.48 Å². The molecular formula is C21H23F7N2O6S2. The molecule has 2 aromatic rings. The molecule has 3 fully saturated rings. The van der Waals surface area contributed by atoms with E-state index in [0.29, 0.717) is 13.1 Å². The van der Waals surface area contributed by atoms with Gasteiger partial charge in [-0.3, -0.25) is 0 Å². The van der Waals surface area contributed by atoms with Gasteiger partial charge in [-0.15, -0.1) is 4.71 Å². The van der Waals surface area contributed by atoms with Crippen LogP contribution in [-0.2, 0) is 20.2 Å². The minimum absolute atomic E-state index is 0.101. The fraction of sp³-hybridized carbons (Fsp3) is 0.429.